The highest BCUT2D eigenvalue weighted by molar-refractivity contribution is 5.99. The molecule has 2 aliphatic heterocycles. The standard InChI is InChI=1S/C15H18N2O2/c16-7-14(3-4-14)15(8-19-9-15)11-1-2-12-10(5-11)6-13(18)17-12/h1-2,5H,3-4,6-9,16H2,(H,17,18). The molecule has 0 spiro atoms. The monoisotopic (exact) mass is 258 g/mol. The van der Waals surface area contributed by atoms with Crippen LogP contribution in [0.25, 0.3) is 0 Å². The summed E-state index contributed by atoms with van der Waals surface area (Å²) in [5, 5.41) is 2.89. The molecule has 0 radical (unpaired) electrons. The number of carbonyl (C=O) groups excluding carboxylic acids is 1. The average molecular weight is 258 g/mol. The fourth-order valence-corrected chi connectivity index (χ4v) is 3.64. The first kappa shape index (κ1) is 11.4. The molecular weight excluding hydrogens is 240 g/mol. The molecule has 4 heteroatoms. The van der Waals surface area contributed by atoms with Crippen LogP contribution in [0.3, 0.4) is 0 Å². The molecule has 1 saturated heterocycles. The van der Waals surface area contributed by atoms with E-state index < -0.39 is 0 Å². The van der Waals surface area contributed by atoms with Crippen LogP contribution in [-0.4, -0.2) is 25.7 Å². The molecule has 100 valence electrons. The van der Waals surface area contributed by atoms with E-state index in [1.54, 1.807) is 0 Å². The summed E-state index contributed by atoms with van der Waals surface area (Å²) < 4.78 is 5.52. The van der Waals surface area contributed by atoms with E-state index in [4.69, 9.17) is 10.5 Å². The number of amides is 1. The lowest BCUT2D eigenvalue weighted by Crippen LogP contribution is -2.56. The van der Waals surface area contributed by atoms with Crippen LogP contribution in [0.4, 0.5) is 5.69 Å². The number of benzene rings is 1. The Hall–Kier alpha value is -1.39. The van der Waals surface area contributed by atoms with Crippen molar-refractivity contribution in [3.05, 3.63) is 29.3 Å². The van der Waals surface area contributed by atoms with Gasteiger partial charge in [-0.3, -0.25) is 4.79 Å². The highest BCUT2D eigenvalue weighted by Crippen LogP contribution is 2.62. The Balaban J connectivity index is 1.76. The van der Waals surface area contributed by atoms with Gasteiger partial charge in [0, 0.05) is 11.1 Å². The van der Waals surface area contributed by atoms with E-state index in [1.165, 1.54) is 18.4 Å². The maximum Gasteiger partial charge on any atom is 0.228 e. The molecule has 1 aliphatic carbocycles. The summed E-state index contributed by atoms with van der Waals surface area (Å²) in [6, 6.07) is 6.36. The largest absolute Gasteiger partial charge is 0.379 e. The predicted octanol–water partition coefficient (Wildman–Crippen LogP) is 1.19. The number of carbonyl (C=O) groups is 1. The van der Waals surface area contributed by atoms with Crippen LogP contribution in [0.15, 0.2) is 18.2 Å². The third-order valence-electron chi connectivity index (χ3n) is 5.24. The molecule has 2 fully saturated rings. The summed E-state index contributed by atoms with van der Waals surface area (Å²) in [5.41, 5.74) is 9.71. The fourth-order valence-electron chi connectivity index (χ4n) is 3.64. The minimum Gasteiger partial charge on any atom is -0.379 e. The van der Waals surface area contributed by atoms with Gasteiger partial charge in [-0.15, -0.1) is 0 Å². The van der Waals surface area contributed by atoms with Crippen molar-refractivity contribution in [1.82, 2.24) is 0 Å². The van der Waals surface area contributed by atoms with E-state index in [2.05, 4.69) is 17.4 Å². The van der Waals surface area contributed by atoms with E-state index >= 15 is 0 Å². The molecule has 3 N–H and O–H groups in total. The molecule has 1 aromatic carbocycles. The lowest BCUT2D eigenvalue weighted by Gasteiger charge is -2.48. The zero-order valence-corrected chi connectivity index (χ0v) is 10.9. The normalized spacial score (nSPS) is 25.4. The van der Waals surface area contributed by atoms with Crippen LogP contribution in [0.5, 0.6) is 0 Å². The highest BCUT2D eigenvalue weighted by atomic mass is 16.5. The summed E-state index contributed by atoms with van der Waals surface area (Å²) in [7, 11) is 0. The number of fused-ring (bicyclic) bond motifs is 1. The van der Waals surface area contributed by atoms with Gasteiger partial charge in [0.25, 0.3) is 0 Å². The number of ether oxygens (including phenoxy) is 1. The number of nitrogens with two attached hydrogens (primary N) is 1. The van der Waals surface area contributed by atoms with Gasteiger partial charge in [-0.25, -0.2) is 0 Å². The Morgan fingerprint density at radius 2 is 2.11 bits per heavy atom. The molecule has 0 atom stereocenters. The van der Waals surface area contributed by atoms with E-state index in [0.717, 1.165) is 31.0 Å². The SMILES string of the molecule is NCC1(C2(c3ccc4c(c3)CC(=O)N4)COC2)CC1. The van der Waals surface area contributed by atoms with Gasteiger partial charge in [0.1, 0.15) is 0 Å². The Morgan fingerprint density at radius 1 is 1.32 bits per heavy atom. The predicted molar refractivity (Wildman–Crippen MR) is 72.0 cm³/mol. The number of anilines is 1. The first-order chi connectivity index (χ1) is 9.19. The van der Waals surface area contributed by atoms with Gasteiger partial charge in [0.05, 0.1) is 19.6 Å². The van der Waals surface area contributed by atoms with Crippen molar-refractivity contribution < 1.29 is 9.53 Å². The summed E-state index contributed by atoms with van der Waals surface area (Å²) >= 11 is 0. The van der Waals surface area contributed by atoms with Crippen LogP contribution in [0.2, 0.25) is 0 Å². The molecule has 19 heavy (non-hydrogen) atoms. The minimum absolute atomic E-state index is 0.0857. The Labute approximate surface area is 112 Å². The maximum atomic E-state index is 11.5. The quantitative estimate of drug-likeness (QED) is 0.856. The fraction of sp³-hybridized carbons (Fsp3) is 0.533. The van der Waals surface area contributed by atoms with Crippen LogP contribution < -0.4 is 11.1 Å². The van der Waals surface area contributed by atoms with Crippen molar-refractivity contribution in [2.75, 3.05) is 25.1 Å². The lowest BCUT2D eigenvalue weighted by atomic mass is 9.66. The Bertz CT molecular complexity index is 559. The molecule has 0 aromatic heterocycles. The second-order valence-corrected chi connectivity index (χ2v) is 6.16. The summed E-state index contributed by atoms with van der Waals surface area (Å²) in [6.45, 7) is 2.26. The van der Waals surface area contributed by atoms with Gasteiger partial charge in [-0.1, -0.05) is 12.1 Å². The van der Waals surface area contributed by atoms with Gasteiger partial charge >= 0.3 is 0 Å². The molecule has 0 unspecified atom stereocenters. The van der Waals surface area contributed by atoms with Crippen LogP contribution >= 0.6 is 0 Å². The summed E-state index contributed by atoms with van der Waals surface area (Å²) in [4.78, 5) is 11.5. The van der Waals surface area contributed by atoms with Crippen LogP contribution in [-0.2, 0) is 21.4 Å². The molecule has 1 aromatic rings. The molecule has 1 amide bonds. The first-order valence-electron chi connectivity index (χ1n) is 6.90. The molecule has 3 aliphatic rings. The molecule has 2 heterocycles. The van der Waals surface area contributed by atoms with E-state index in [9.17, 15) is 4.79 Å². The Kier molecular flexibility index (Phi) is 2.16. The maximum absolute atomic E-state index is 11.5. The lowest BCUT2D eigenvalue weighted by molar-refractivity contribution is -0.115. The van der Waals surface area contributed by atoms with Crippen molar-refractivity contribution in [3.63, 3.8) is 0 Å². The highest BCUT2D eigenvalue weighted by Gasteiger charge is 2.62. The van der Waals surface area contributed by atoms with E-state index in [0.29, 0.717) is 6.42 Å². The van der Waals surface area contributed by atoms with Crippen molar-refractivity contribution in [2.45, 2.75) is 24.7 Å². The van der Waals surface area contributed by atoms with Gasteiger partial charge in [0.2, 0.25) is 5.91 Å². The summed E-state index contributed by atoms with van der Waals surface area (Å²) in [6.07, 6.45) is 2.89. The van der Waals surface area contributed by atoms with Crippen molar-refractivity contribution in [3.8, 4) is 0 Å². The zero-order valence-electron chi connectivity index (χ0n) is 10.9. The van der Waals surface area contributed by atoms with Gasteiger partial charge in [-0.05, 0) is 42.0 Å². The number of rotatable bonds is 3. The third kappa shape index (κ3) is 1.38. The number of hydrogen-bond acceptors (Lipinski definition) is 3. The van der Waals surface area contributed by atoms with Gasteiger partial charge in [0.15, 0.2) is 0 Å². The van der Waals surface area contributed by atoms with E-state index in [-0.39, 0.29) is 16.7 Å². The second-order valence-electron chi connectivity index (χ2n) is 6.16. The molecule has 4 nitrogen and oxygen atoms in total. The van der Waals surface area contributed by atoms with Crippen LogP contribution in [0.1, 0.15) is 24.0 Å². The second kappa shape index (κ2) is 3.58. The van der Waals surface area contributed by atoms with Gasteiger partial charge < -0.3 is 15.8 Å². The average Bonchev–Trinajstić information content (AvgIpc) is 3.04. The smallest absolute Gasteiger partial charge is 0.228 e. The zero-order chi connectivity index (χ0) is 13.1. The number of nitrogens with one attached hydrogen (secondary N) is 1. The topological polar surface area (TPSA) is 64.4 Å². The van der Waals surface area contributed by atoms with Gasteiger partial charge in [-0.2, -0.15) is 0 Å². The minimum atomic E-state index is 0.0857. The van der Waals surface area contributed by atoms with Crippen molar-refractivity contribution >= 4 is 11.6 Å². The molecule has 0 bridgehead atoms. The van der Waals surface area contributed by atoms with E-state index in [1.807, 2.05) is 6.07 Å². The third-order valence-corrected chi connectivity index (χ3v) is 5.24. The van der Waals surface area contributed by atoms with Crippen LogP contribution in [0, 0.1) is 5.41 Å². The summed E-state index contributed by atoms with van der Waals surface area (Å²) in [5.74, 6) is 0.0889. The van der Waals surface area contributed by atoms with Crippen molar-refractivity contribution in [2.24, 2.45) is 11.1 Å². The molecule has 1 saturated carbocycles. The molecule has 4 rings (SSSR count). The van der Waals surface area contributed by atoms with Crippen molar-refractivity contribution in [1.29, 1.82) is 0 Å². The Morgan fingerprint density at radius 3 is 2.68 bits per heavy atom. The number of hydrogen-bond donors (Lipinski definition) is 2. The first-order valence-corrected chi connectivity index (χ1v) is 6.90. The molecular formula is C15H18N2O2.